The van der Waals surface area contributed by atoms with E-state index in [1.807, 2.05) is 38.3 Å². The first-order valence-corrected chi connectivity index (χ1v) is 12.3. The summed E-state index contributed by atoms with van der Waals surface area (Å²) in [7, 11) is -3.66. The van der Waals surface area contributed by atoms with Gasteiger partial charge in [-0.2, -0.15) is 9.40 Å². The van der Waals surface area contributed by atoms with Gasteiger partial charge in [-0.1, -0.05) is 0 Å². The number of thiazole rings is 1. The van der Waals surface area contributed by atoms with Gasteiger partial charge in [0.15, 0.2) is 5.13 Å². The number of rotatable bonds is 6. The molecule has 0 amide bonds. The predicted molar refractivity (Wildman–Crippen MR) is 118 cm³/mol. The van der Waals surface area contributed by atoms with Gasteiger partial charge in [-0.05, 0) is 52.7 Å². The summed E-state index contributed by atoms with van der Waals surface area (Å²) in [5, 5.41) is 10.4. The predicted octanol–water partition coefficient (Wildman–Crippen LogP) is 3.95. The number of hydrogen-bond acceptors (Lipinski definition) is 7. The number of nitrogens with zero attached hydrogens (tertiary/aromatic N) is 5. The van der Waals surface area contributed by atoms with Gasteiger partial charge in [0, 0.05) is 36.0 Å². The second-order valence-corrected chi connectivity index (χ2v) is 10.3. The molecule has 30 heavy (non-hydrogen) atoms. The number of nitrogens with one attached hydrogen (secondary N) is 1. The van der Waals surface area contributed by atoms with Crippen LogP contribution in [0.3, 0.4) is 0 Å². The number of hydrogen-bond donors (Lipinski definition) is 1. The topological polar surface area (TPSA) is 93.0 Å². The molecule has 1 fully saturated rings. The van der Waals surface area contributed by atoms with Gasteiger partial charge in [0.2, 0.25) is 10.0 Å². The van der Waals surface area contributed by atoms with Gasteiger partial charge >= 0.3 is 0 Å². The van der Waals surface area contributed by atoms with E-state index in [9.17, 15) is 8.42 Å². The molecule has 160 valence electrons. The SMILES string of the molecule is CCn1cc(S(=O)(=O)N2CCCC2c2cc(Nc3nc(C)cs3)cc(C)n2)c(C)n1. The fraction of sp³-hybridized carbons (Fsp3) is 0.450. The number of aromatic nitrogens is 4. The number of pyridine rings is 1. The molecular formula is C20H26N6O2S2. The molecule has 4 rings (SSSR count). The summed E-state index contributed by atoms with van der Waals surface area (Å²) in [6, 6.07) is 3.59. The first-order valence-electron chi connectivity index (χ1n) is 10.0. The molecule has 8 nitrogen and oxygen atoms in total. The standard InChI is InChI=1S/C20H26N6O2S2/c1-5-25-11-19(15(4)24-25)30(27,28)26-8-6-7-18(26)17-10-16(9-13(2)21-17)23-20-22-14(3)12-29-20/h9-12,18H,5-8H2,1-4H3,(H,21,22,23). The van der Waals surface area contributed by atoms with Crippen molar-refractivity contribution in [3.8, 4) is 0 Å². The molecule has 0 saturated carbocycles. The third-order valence-electron chi connectivity index (χ3n) is 5.20. The summed E-state index contributed by atoms with van der Waals surface area (Å²) in [6.07, 6.45) is 3.17. The summed E-state index contributed by atoms with van der Waals surface area (Å²) < 4.78 is 30.1. The molecule has 1 saturated heterocycles. The molecule has 1 aliphatic rings. The van der Waals surface area contributed by atoms with Gasteiger partial charge in [-0.15, -0.1) is 11.3 Å². The van der Waals surface area contributed by atoms with Crippen molar-refractivity contribution >= 4 is 32.2 Å². The van der Waals surface area contributed by atoms with Gasteiger partial charge in [0.25, 0.3) is 0 Å². The molecule has 1 atom stereocenters. The first kappa shape index (κ1) is 21.0. The maximum Gasteiger partial charge on any atom is 0.247 e. The van der Waals surface area contributed by atoms with Crippen LogP contribution in [0.1, 0.15) is 48.6 Å². The van der Waals surface area contributed by atoms with Gasteiger partial charge in [0.1, 0.15) is 4.90 Å². The van der Waals surface area contributed by atoms with Crippen LogP contribution in [0.5, 0.6) is 0 Å². The number of anilines is 2. The Balaban J connectivity index is 1.67. The van der Waals surface area contributed by atoms with Gasteiger partial charge < -0.3 is 5.32 Å². The molecule has 0 bridgehead atoms. The van der Waals surface area contributed by atoms with Crippen molar-refractivity contribution in [1.82, 2.24) is 24.1 Å². The maximum absolute atomic E-state index is 13.5. The Kier molecular flexibility index (Phi) is 5.65. The van der Waals surface area contributed by atoms with Crippen molar-refractivity contribution in [1.29, 1.82) is 0 Å². The van der Waals surface area contributed by atoms with Crippen molar-refractivity contribution in [3.63, 3.8) is 0 Å². The van der Waals surface area contributed by atoms with E-state index >= 15 is 0 Å². The van der Waals surface area contributed by atoms with E-state index in [-0.39, 0.29) is 10.9 Å². The molecule has 10 heteroatoms. The maximum atomic E-state index is 13.5. The molecular weight excluding hydrogens is 420 g/mol. The first-order chi connectivity index (χ1) is 14.3. The normalized spacial score (nSPS) is 17.5. The molecule has 0 aromatic carbocycles. The summed E-state index contributed by atoms with van der Waals surface area (Å²) >= 11 is 1.54. The van der Waals surface area contributed by atoms with E-state index in [1.54, 1.807) is 22.1 Å². The van der Waals surface area contributed by atoms with E-state index in [1.165, 1.54) is 11.3 Å². The van der Waals surface area contributed by atoms with Gasteiger partial charge in [-0.25, -0.2) is 13.4 Å². The van der Waals surface area contributed by atoms with E-state index < -0.39 is 10.0 Å². The average Bonchev–Trinajstić information content (AvgIpc) is 3.41. The Morgan fingerprint density at radius 1 is 1.20 bits per heavy atom. The van der Waals surface area contributed by atoms with E-state index in [0.717, 1.165) is 40.7 Å². The van der Waals surface area contributed by atoms with Crippen LogP contribution in [0, 0.1) is 20.8 Å². The average molecular weight is 447 g/mol. The third kappa shape index (κ3) is 3.99. The lowest BCUT2D eigenvalue weighted by Crippen LogP contribution is -2.31. The summed E-state index contributed by atoms with van der Waals surface area (Å²) in [5.41, 5.74) is 3.95. The van der Waals surface area contributed by atoms with Crippen LogP contribution in [0.4, 0.5) is 10.8 Å². The summed E-state index contributed by atoms with van der Waals surface area (Å²) in [6.45, 7) is 8.67. The quantitative estimate of drug-likeness (QED) is 0.616. The second-order valence-electron chi connectivity index (χ2n) is 7.55. The lowest BCUT2D eigenvalue weighted by molar-refractivity contribution is 0.390. The monoisotopic (exact) mass is 446 g/mol. The zero-order valence-corrected chi connectivity index (χ0v) is 19.2. The Labute approximate surface area is 181 Å². The van der Waals surface area contributed by atoms with Crippen molar-refractivity contribution in [2.75, 3.05) is 11.9 Å². The summed E-state index contributed by atoms with van der Waals surface area (Å²) in [4.78, 5) is 9.41. The minimum Gasteiger partial charge on any atom is -0.331 e. The Morgan fingerprint density at radius 2 is 2.00 bits per heavy atom. The van der Waals surface area contributed by atoms with Crippen molar-refractivity contribution in [3.05, 3.63) is 46.5 Å². The fourth-order valence-electron chi connectivity index (χ4n) is 3.84. The number of aryl methyl sites for hydroxylation is 4. The van der Waals surface area contributed by atoms with Crippen LogP contribution in [-0.4, -0.2) is 39.0 Å². The van der Waals surface area contributed by atoms with E-state index in [0.29, 0.717) is 18.8 Å². The Hall–Kier alpha value is -2.30. The Morgan fingerprint density at radius 3 is 2.67 bits per heavy atom. The zero-order valence-electron chi connectivity index (χ0n) is 17.6. The molecule has 0 aliphatic carbocycles. The largest absolute Gasteiger partial charge is 0.331 e. The summed E-state index contributed by atoms with van der Waals surface area (Å²) in [5.74, 6) is 0. The van der Waals surface area contributed by atoms with Crippen LogP contribution in [0.2, 0.25) is 0 Å². The van der Waals surface area contributed by atoms with E-state index in [2.05, 4.69) is 20.4 Å². The van der Waals surface area contributed by atoms with E-state index in [4.69, 9.17) is 0 Å². The van der Waals surface area contributed by atoms with Gasteiger partial charge in [0.05, 0.1) is 23.1 Å². The minimum atomic E-state index is -3.66. The fourth-order valence-corrected chi connectivity index (χ4v) is 6.38. The van der Waals surface area contributed by atoms with Crippen molar-refractivity contribution in [2.45, 2.75) is 58.0 Å². The molecule has 1 aliphatic heterocycles. The Bertz CT molecular complexity index is 1170. The molecule has 4 heterocycles. The molecule has 1 N–H and O–H groups in total. The highest BCUT2D eigenvalue weighted by molar-refractivity contribution is 7.89. The molecule has 3 aromatic heterocycles. The van der Waals surface area contributed by atoms with Crippen LogP contribution in [0.25, 0.3) is 0 Å². The van der Waals surface area contributed by atoms with Crippen molar-refractivity contribution < 1.29 is 8.42 Å². The number of sulfonamides is 1. The van der Waals surface area contributed by atoms with Crippen molar-refractivity contribution in [2.24, 2.45) is 0 Å². The minimum absolute atomic E-state index is 0.278. The van der Waals surface area contributed by atoms with Crippen LogP contribution in [-0.2, 0) is 16.6 Å². The third-order valence-corrected chi connectivity index (χ3v) is 8.09. The van der Waals surface area contributed by atoms with Crippen LogP contribution in [0.15, 0.2) is 28.6 Å². The highest BCUT2D eigenvalue weighted by Gasteiger charge is 2.38. The second kappa shape index (κ2) is 8.09. The molecule has 1 unspecified atom stereocenters. The van der Waals surface area contributed by atoms with Crippen LogP contribution < -0.4 is 5.32 Å². The lowest BCUT2D eigenvalue weighted by Gasteiger charge is -2.24. The highest BCUT2D eigenvalue weighted by Crippen LogP contribution is 2.37. The lowest BCUT2D eigenvalue weighted by atomic mass is 10.1. The van der Waals surface area contributed by atoms with Crippen LogP contribution >= 0.6 is 11.3 Å². The molecule has 0 spiro atoms. The van der Waals surface area contributed by atoms with Gasteiger partial charge in [-0.3, -0.25) is 9.67 Å². The molecule has 0 radical (unpaired) electrons. The zero-order chi connectivity index (χ0) is 21.5. The smallest absolute Gasteiger partial charge is 0.247 e. The highest BCUT2D eigenvalue weighted by atomic mass is 32.2. The molecule has 3 aromatic rings.